The third-order valence-electron chi connectivity index (χ3n) is 5.91. The van der Waals surface area contributed by atoms with Crippen LogP contribution in [0.15, 0.2) is 28.6 Å². The van der Waals surface area contributed by atoms with Crippen molar-refractivity contribution in [1.82, 2.24) is 29.1 Å². The van der Waals surface area contributed by atoms with Crippen LogP contribution in [0.2, 0.25) is 0 Å². The average Bonchev–Trinajstić information content (AvgIpc) is 3.54. The van der Waals surface area contributed by atoms with Crippen molar-refractivity contribution in [2.45, 2.75) is 54.0 Å². The Hall–Kier alpha value is -4.48. The van der Waals surface area contributed by atoms with Gasteiger partial charge < -0.3 is 20.7 Å². The monoisotopic (exact) mass is 574 g/mol. The topological polar surface area (TPSA) is 163 Å². The third-order valence-corrected chi connectivity index (χ3v) is 6.71. The Morgan fingerprint density at radius 3 is 2.46 bits per heavy atom. The second-order valence-corrected chi connectivity index (χ2v) is 10.4. The number of anilines is 4. The van der Waals surface area contributed by atoms with Gasteiger partial charge in [-0.05, 0) is 52.2 Å². The quantitative estimate of drug-likeness (QED) is 0.170. The van der Waals surface area contributed by atoms with Crippen molar-refractivity contribution in [3.63, 3.8) is 0 Å². The Morgan fingerprint density at radius 2 is 1.83 bits per heavy atom. The van der Waals surface area contributed by atoms with Gasteiger partial charge in [-0.25, -0.2) is 9.67 Å². The normalized spacial score (nSPS) is 12.0. The summed E-state index contributed by atoms with van der Waals surface area (Å²) >= 11 is 1.18. The zero-order valence-corrected chi connectivity index (χ0v) is 25.1. The molecule has 3 heterocycles. The molecule has 0 spiro atoms. The van der Waals surface area contributed by atoms with Gasteiger partial charge in [0.25, 0.3) is 0 Å². The van der Waals surface area contributed by atoms with E-state index in [2.05, 4.69) is 86.5 Å². The summed E-state index contributed by atoms with van der Waals surface area (Å²) in [6.45, 7) is 13.1. The molecule has 0 bridgehead atoms. The largest absolute Gasteiger partial charge is 0.383 e. The maximum atomic E-state index is 9.71. The number of nitrogens with one attached hydrogen (secondary N) is 3. The van der Waals surface area contributed by atoms with Gasteiger partial charge in [0.1, 0.15) is 17.5 Å². The molecule has 0 aliphatic carbocycles. The van der Waals surface area contributed by atoms with Crippen LogP contribution in [-0.2, 0) is 4.74 Å². The molecule has 0 saturated heterocycles. The van der Waals surface area contributed by atoms with Crippen LogP contribution in [0.4, 0.5) is 34.8 Å². The summed E-state index contributed by atoms with van der Waals surface area (Å²) in [6, 6.07) is 6.26. The summed E-state index contributed by atoms with van der Waals surface area (Å²) in [5, 5.41) is 33.6. The first kappa shape index (κ1) is 29.5. The van der Waals surface area contributed by atoms with E-state index in [4.69, 9.17) is 14.7 Å². The molecule has 13 nitrogen and oxygen atoms in total. The zero-order valence-electron chi connectivity index (χ0n) is 24.3. The number of methoxy groups -OCH3 is 1. The number of hydrogen-bond acceptors (Lipinski definition) is 13. The Bertz CT molecular complexity index is 1560. The summed E-state index contributed by atoms with van der Waals surface area (Å²) in [7, 11) is 1.64. The molecule has 4 aromatic rings. The first-order valence-electron chi connectivity index (χ1n) is 13.2. The highest BCUT2D eigenvalue weighted by Gasteiger charge is 2.19. The molecule has 4 rings (SSSR count). The molecule has 3 aromatic heterocycles. The molecule has 1 unspecified atom stereocenters. The summed E-state index contributed by atoms with van der Waals surface area (Å²) in [5.41, 5.74) is 4.93. The lowest BCUT2D eigenvalue weighted by Gasteiger charge is -2.19. The van der Waals surface area contributed by atoms with E-state index in [0.717, 1.165) is 23.2 Å². The molecule has 14 heteroatoms. The number of benzene rings is 1. The average molecular weight is 575 g/mol. The van der Waals surface area contributed by atoms with Gasteiger partial charge in [-0.15, -0.1) is 15.3 Å². The Balaban J connectivity index is 1.79. The van der Waals surface area contributed by atoms with Gasteiger partial charge in [0.2, 0.25) is 16.9 Å². The minimum absolute atomic E-state index is 0.0897. The molecule has 0 aliphatic rings. The SMILES string of the molecule is CCCNc1nc(Nc2c(C)cc(C)cc2C)nc(NC(C)COC)c1N=Nc1nn(-c2nc(C)ns2)cc1C#N. The van der Waals surface area contributed by atoms with E-state index in [1.54, 1.807) is 20.2 Å². The number of nitriles is 1. The van der Waals surface area contributed by atoms with Crippen LogP contribution in [0, 0.1) is 39.0 Å². The second-order valence-electron chi connectivity index (χ2n) is 9.67. The second kappa shape index (κ2) is 13.2. The van der Waals surface area contributed by atoms with Crippen molar-refractivity contribution in [1.29, 1.82) is 5.26 Å². The number of ether oxygens (including phenoxy) is 1. The van der Waals surface area contributed by atoms with Crippen molar-refractivity contribution in [3.8, 4) is 11.2 Å². The zero-order chi connectivity index (χ0) is 29.5. The minimum atomic E-state index is -0.0897. The molecule has 0 radical (unpaired) electrons. The van der Waals surface area contributed by atoms with E-state index in [9.17, 15) is 5.26 Å². The van der Waals surface area contributed by atoms with Gasteiger partial charge in [-0.2, -0.15) is 19.6 Å². The molecule has 41 heavy (non-hydrogen) atoms. The van der Waals surface area contributed by atoms with Crippen LogP contribution in [0.25, 0.3) is 5.13 Å². The minimum Gasteiger partial charge on any atom is -0.383 e. The molecule has 0 saturated carbocycles. The fraction of sp³-hybridized carbons (Fsp3) is 0.407. The maximum absolute atomic E-state index is 9.71. The molecule has 1 aromatic carbocycles. The van der Waals surface area contributed by atoms with Crippen molar-refractivity contribution in [2.75, 3.05) is 36.2 Å². The highest BCUT2D eigenvalue weighted by atomic mass is 32.1. The van der Waals surface area contributed by atoms with E-state index in [1.807, 2.05) is 6.92 Å². The van der Waals surface area contributed by atoms with Gasteiger partial charge >= 0.3 is 0 Å². The number of nitrogens with zero attached hydrogens (tertiary/aromatic N) is 9. The van der Waals surface area contributed by atoms with Gasteiger partial charge in [0.15, 0.2) is 17.3 Å². The maximum Gasteiger partial charge on any atom is 0.231 e. The smallest absolute Gasteiger partial charge is 0.231 e. The molecular weight excluding hydrogens is 540 g/mol. The number of azo groups is 1. The summed E-state index contributed by atoms with van der Waals surface area (Å²) in [4.78, 5) is 13.9. The first-order valence-corrected chi connectivity index (χ1v) is 14.0. The van der Waals surface area contributed by atoms with Gasteiger partial charge in [-0.1, -0.05) is 24.6 Å². The van der Waals surface area contributed by atoms with Crippen LogP contribution in [-0.4, -0.2) is 55.4 Å². The molecule has 214 valence electrons. The molecular formula is C27H34N12OS. The molecule has 0 amide bonds. The number of hydrogen-bond donors (Lipinski definition) is 3. The molecule has 3 N–H and O–H groups in total. The molecule has 1 atom stereocenters. The Morgan fingerprint density at radius 1 is 1.10 bits per heavy atom. The standard InChI is InChI=1S/C27H34N12OS/c1-8-9-29-24-22(35-36-23-20(12-28)13-39(37-23)27-31-19(6)38-41-27)25(30-18(5)14-40-7)34-26(33-24)32-21-16(3)10-15(2)11-17(21)4/h10-11,13,18H,8-9,14H2,1-7H3,(H3,29,30,32,33,34). The predicted octanol–water partition coefficient (Wildman–Crippen LogP) is 6.05. The van der Waals surface area contributed by atoms with Crippen LogP contribution >= 0.6 is 11.5 Å². The fourth-order valence-corrected chi connectivity index (χ4v) is 4.78. The van der Waals surface area contributed by atoms with Crippen LogP contribution in [0.3, 0.4) is 0 Å². The third kappa shape index (κ3) is 7.19. The van der Waals surface area contributed by atoms with E-state index in [-0.39, 0.29) is 17.4 Å². The summed E-state index contributed by atoms with van der Waals surface area (Å²) in [6.07, 6.45) is 2.42. The van der Waals surface area contributed by atoms with Gasteiger partial charge in [0, 0.05) is 36.9 Å². The summed E-state index contributed by atoms with van der Waals surface area (Å²) < 4.78 is 11.0. The highest BCUT2D eigenvalue weighted by molar-refractivity contribution is 7.08. The summed E-state index contributed by atoms with van der Waals surface area (Å²) in [5.74, 6) is 2.11. The number of aryl methyl sites for hydroxylation is 4. The predicted molar refractivity (Wildman–Crippen MR) is 160 cm³/mol. The Labute approximate surface area is 243 Å². The lowest BCUT2D eigenvalue weighted by Crippen LogP contribution is -2.22. The van der Waals surface area contributed by atoms with Crippen LogP contribution in [0.1, 0.15) is 48.3 Å². The van der Waals surface area contributed by atoms with E-state index < -0.39 is 0 Å². The van der Waals surface area contributed by atoms with Gasteiger partial charge in [0.05, 0.1) is 12.8 Å². The molecule has 0 aliphatic heterocycles. The lowest BCUT2D eigenvalue weighted by molar-refractivity contribution is 0.190. The van der Waals surface area contributed by atoms with Crippen LogP contribution in [0.5, 0.6) is 0 Å². The van der Waals surface area contributed by atoms with Gasteiger partial charge in [-0.3, -0.25) is 0 Å². The van der Waals surface area contributed by atoms with E-state index >= 15 is 0 Å². The number of aromatic nitrogens is 6. The van der Waals surface area contributed by atoms with Crippen LogP contribution < -0.4 is 16.0 Å². The first-order chi connectivity index (χ1) is 19.7. The molecule has 0 fully saturated rings. The van der Waals surface area contributed by atoms with Crippen molar-refractivity contribution in [2.24, 2.45) is 10.2 Å². The highest BCUT2D eigenvalue weighted by Crippen LogP contribution is 2.36. The number of rotatable bonds is 12. The van der Waals surface area contributed by atoms with Crippen molar-refractivity contribution < 1.29 is 4.74 Å². The van der Waals surface area contributed by atoms with E-state index in [1.165, 1.54) is 21.8 Å². The van der Waals surface area contributed by atoms with Crippen molar-refractivity contribution in [3.05, 3.63) is 46.4 Å². The van der Waals surface area contributed by atoms with E-state index in [0.29, 0.717) is 47.4 Å². The Kier molecular flexibility index (Phi) is 9.53. The lowest BCUT2D eigenvalue weighted by atomic mass is 10.1. The fourth-order valence-electron chi connectivity index (χ4n) is 4.18. The van der Waals surface area contributed by atoms with Crippen molar-refractivity contribution >= 4 is 46.3 Å².